The second kappa shape index (κ2) is 6.04. The lowest BCUT2D eigenvalue weighted by atomic mass is 9.95. The Morgan fingerprint density at radius 3 is 2.72 bits per heavy atom. The summed E-state index contributed by atoms with van der Waals surface area (Å²) in [6.45, 7) is -0.671. The molecule has 1 atom stereocenters. The molecule has 0 radical (unpaired) electrons. The van der Waals surface area contributed by atoms with Crippen molar-refractivity contribution in [2.45, 2.75) is 12.3 Å². The number of hydrogen-bond acceptors (Lipinski definition) is 4. The molecule has 1 aromatic rings. The number of rotatable bonds is 5. The number of esters is 1. The molecule has 0 saturated heterocycles. The second-order valence-electron chi connectivity index (χ2n) is 3.66. The van der Waals surface area contributed by atoms with Crippen LogP contribution in [0.1, 0.15) is 17.9 Å². The first-order chi connectivity index (χ1) is 8.43. The Bertz CT molecular complexity index is 464. The van der Waals surface area contributed by atoms with Crippen LogP contribution in [0, 0.1) is 21.7 Å². The molecule has 98 valence electrons. The molecular formula is C11H11F2NO4. The molecule has 0 aliphatic carbocycles. The highest BCUT2D eigenvalue weighted by Gasteiger charge is 2.25. The molecule has 18 heavy (non-hydrogen) atoms. The number of hydrogen-bond donors (Lipinski definition) is 0. The molecule has 1 aromatic carbocycles. The third-order valence-electron chi connectivity index (χ3n) is 2.41. The van der Waals surface area contributed by atoms with Crippen LogP contribution < -0.4 is 0 Å². The van der Waals surface area contributed by atoms with Crippen molar-refractivity contribution in [1.82, 2.24) is 0 Å². The molecule has 5 nitrogen and oxygen atoms in total. The zero-order valence-electron chi connectivity index (χ0n) is 9.56. The molecular weight excluding hydrogens is 248 g/mol. The molecule has 0 N–H and O–H groups in total. The van der Waals surface area contributed by atoms with Crippen molar-refractivity contribution in [2.75, 3.05) is 13.7 Å². The van der Waals surface area contributed by atoms with Crippen molar-refractivity contribution in [1.29, 1.82) is 0 Å². The smallest absolute Gasteiger partial charge is 0.306 e. The average Bonchev–Trinajstić information content (AvgIpc) is 2.30. The van der Waals surface area contributed by atoms with Gasteiger partial charge in [0.1, 0.15) is 11.6 Å². The van der Waals surface area contributed by atoms with Gasteiger partial charge in [-0.2, -0.15) is 0 Å². The van der Waals surface area contributed by atoms with E-state index in [1.54, 1.807) is 0 Å². The van der Waals surface area contributed by atoms with E-state index in [9.17, 15) is 23.7 Å². The van der Waals surface area contributed by atoms with Gasteiger partial charge in [-0.15, -0.1) is 0 Å². The van der Waals surface area contributed by atoms with Crippen molar-refractivity contribution in [3.63, 3.8) is 0 Å². The second-order valence-corrected chi connectivity index (χ2v) is 3.66. The zero-order chi connectivity index (χ0) is 13.7. The minimum atomic E-state index is -1.05. The summed E-state index contributed by atoms with van der Waals surface area (Å²) in [5.41, 5.74) is -0.197. The lowest BCUT2D eigenvalue weighted by Gasteiger charge is -2.12. The summed E-state index contributed by atoms with van der Waals surface area (Å²) in [6, 6.07) is 2.63. The Morgan fingerprint density at radius 1 is 1.50 bits per heavy atom. The number of benzene rings is 1. The first-order valence-corrected chi connectivity index (χ1v) is 5.07. The Hall–Kier alpha value is -2.05. The lowest BCUT2D eigenvalue weighted by molar-refractivity contribution is -0.483. The minimum absolute atomic E-state index is 0.197. The van der Waals surface area contributed by atoms with E-state index < -0.39 is 35.0 Å². The Kier molecular flexibility index (Phi) is 4.70. The van der Waals surface area contributed by atoms with Crippen LogP contribution in [-0.2, 0) is 9.53 Å². The highest BCUT2D eigenvalue weighted by atomic mass is 19.1. The summed E-state index contributed by atoms with van der Waals surface area (Å²) in [6.07, 6.45) is -0.377. The Balaban J connectivity index is 3.04. The normalized spacial score (nSPS) is 11.9. The standard InChI is InChI=1S/C11H11F2NO4/c1-18-11(15)4-7(6-14(16)17)9-5-8(12)2-3-10(9)13/h2-3,5,7H,4,6H2,1H3. The fourth-order valence-corrected chi connectivity index (χ4v) is 1.56. The maximum Gasteiger partial charge on any atom is 0.306 e. The molecule has 1 unspecified atom stereocenters. The minimum Gasteiger partial charge on any atom is -0.469 e. The summed E-state index contributed by atoms with van der Waals surface area (Å²) >= 11 is 0. The van der Waals surface area contributed by atoms with Gasteiger partial charge in [-0.3, -0.25) is 14.9 Å². The average molecular weight is 259 g/mol. The lowest BCUT2D eigenvalue weighted by Crippen LogP contribution is -2.18. The van der Waals surface area contributed by atoms with Crippen molar-refractivity contribution in [2.24, 2.45) is 0 Å². The summed E-state index contributed by atoms with van der Waals surface area (Å²) in [7, 11) is 1.12. The van der Waals surface area contributed by atoms with Gasteiger partial charge in [-0.1, -0.05) is 0 Å². The molecule has 0 bridgehead atoms. The van der Waals surface area contributed by atoms with Gasteiger partial charge in [0.15, 0.2) is 0 Å². The van der Waals surface area contributed by atoms with E-state index in [0.717, 1.165) is 25.3 Å². The van der Waals surface area contributed by atoms with E-state index in [-0.39, 0.29) is 12.0 Å². The van der Waals surface area contributed by atoms with E-state index in [2.05, 4.69) is 4.74 Å². The van der Waals surface area contributed by atoms with Crippen LogP contribution in [0.4, 0.5) is 8.78 Å². The van der Waals surface area contributed by atoms with Gasteiger partial charge in [0.2, 0.25) is 6.54 Å². The number of carbonyl (C=O) groups is 1. The van der Waals surface area contributed by atoms with E-state index in [1.807, 2.05) is 0 Å². The predicted octanol–water partition coefficient (Wildman–Crippen LogP) is 1.89. The van der Waals surface area contributed by atoms with Crippen LogP contribution in [0.15, 0.2) is 18.2 Å². The fraction of sp³-hybridized carbons (Fsp3) is 0.364. The van der Waals surface area contributed by atoms with Crippen LogP contribution in [0.5, 0.6) is 0 Å². The van der Waals surface area contributed by atoms with E-state index in [1.165, 1.54) is 0 Å². The van der Waals surface area contributed by atoms with Crippen LogP contribution in [0.3, 0.4) is 0 Å². The monoisotopic (exact) mass is 259 g/mol. The van der Waals surface area contributed by atoms with E-state index >= 15 is 0 Å². The number of carbonyl (C=O) groups excluding carboxylic acids is 1. The molecule has 0 aromatic heterocycles. The predicted molar refractivity (Wildman–Crippen MR) is 57.6 cm³/mol. The van der Waals surface area contributed by atoms with Crippen molar-refractivity contribution >= 4 is 5.97 Å². The van der Waals surface area contributed by atoms with E-state index in [0.29, 0.717) is 0 Å². The SMILES string of the molecule is COC(=O)CC(C[N+](=O)[O-])c1cc(F)ccc1F. The Labute approximate surface area is 102 Å². The maximum atomic E-state index is 13.5. The highest BCUT2D eigenvalue weighted by molar-refractivity contribution is 5.70. The molecule has 0 aliphatic rings. The van der Waals surface area contributed by atoms with Gasteiger partial charge in [0.25, 0.3) is 0 Å². The number of halogens is 2. The van der Waals surface area contributed by atoms with Gasteiger partial charge >= 0.3 is 5.97 Å². The Morgan fingerprint density at radius 2 is 2.17 bits per heavy atom. The van der Waals surface area contributed by atoms with Gasteiger partial charge in [-0.25, -0.2) is 8.78 Å². The molecule has 0 aliphatic heterocycles. The van der Waals surface area contributed by atoms with Crippen LogP contribution in [-0.4, -0.2) is 24.5 Å². The van der Waals surface area contributed by atoms with E-state index in [4.69, 9.17) is 0 Å². The van der Waals surface area contributed by atoms with Crippen LogP contribution >= 0.6 is 0 Å². The van der Waals surface area contributed by atoms with Gasteiger partial charge in [0.05, 0.1) is 19.4 Å². The first-order valence-electron chi connectivity index (χ1n) is 5.07. The van der Waals surface area contributed by atoms with Crippen molar-refractivity contribution in [3.8, 4) is 0 Å². The van der Waals surface area contributed by atoms with Gasteiger partial charge < -0.3 is 4.74 Å². The number of methoxy groups -OCH3 is 1. The van der Waals surface area contributed by atoms with Crippen molar-refractivity contribution < 1.29 is 23.2 Å². The summed E-state index contributed by atoms with van der Waals surface area (Å²) in [5.74, 6) is -3.27. The van der Waals surface area contributed by atoms with Crippen LogP contribution in [0.2, 0.25) is 0 Å². The molecule has 0 spiro atoms. The summed E-state index contributed by atoms with van der Waals surface area (Å²) < 4.78 is 30.9. The van der Waals surface area contributed by atoms with Crippen molar-refractivity contribution in [3.05, 3.63) is 45.5 Å². The topological polar surface area (TPSA) is 69.4 Å². The highest BCUT2D eigenvalue weighted by Crippen LogP contribution is 2.24. The number of ether oxygens (including phenoxy) is 1. The number of nitrogens with zero attached hydrogens (tertiary/aromatic N) is 1. The third-order valence-corrected chi connectivity index (χ3v) is 2.41. The van der Waals surface area contributed by atoms with Gasteiger partial charge in [-0.05, 0) is 18.2 Å². The molecule has 0 amide bonds. The molecule has 0 fully saturated rings. The molecule has 0 heterocycles. The van der Waals surface area contributed by atoms with Gasteiger partial charge in [0, 0.05) is 10.5 Å². The molecule has 0 saturated carbocycles. The third kappa shape index (κ3) is 3.76. The molecule has 1 rings (SSSR count). The number of nitro groups is 1. The fourth-order valence-electron chi connectivity index (χ4n) is 1.56. The summed E-state index contributed by atoms with van der Waals surface area (Å²) in [5, 5.41) is 10.5. The quantitative estimate of drug-likeness (QED) is 0.460. The summed E-state index contributed by atoms with van der Waals surface area (Å²) in [4.78, 5) is 20.9. The maximum absolute atomic E-state index is 13.5. The molecule has 7 heteroatoms. The zero-order valence-corrected chi connectivity index (χ0v) is 9.56. The largest absolute Gasteiger partial charge is 0.469 e. The van der Waals surface area contributed by atoms with Crippen LogP contribution in [0.25, 0.3) is 0 Å². The first kappa shape index (κ1) is 14.0.